The van der Waals surface area contributed by atoms with Crippen LogP contribution in [0.15, 0.2) is 0 Å². The summed E-state index contributed by atoms with van der Waals surface area (Å²) in [5, 5.41) is 3.56. The van der Waals surface area contributed by atoms with Crippen LogP contribution < -0.4 is 5.32 Å². The molecule has 0 aromatic rings. The Bertz CT molecular complexity index is 252. The lowest BCUT2D eigenvalue weighted by atomic mass is 9.69. The number of ether oxygens (including phenoxy) is 1. The fourth-order valence-electron chi connectivity index (χ4n) is 3.49. The van der Waals surface area contributed by atoms with E-state index in [2.05, 4.69) is 33.1 Å². The van der Waals surface area contributed by atoms with E-state index in [-0.39, 0.29) is 5.60 Å². The Hall–Kier alpha value is -0.0800. The second kappa shape index (κ2) is 4.89. The van der Waals surface area contributed by atoms with Gasteiger partial charge < -0.3 is 10.1 Å². The third kappa shape index (κ3) is 3.23. The van der Waals surface area contributed by atoms with Gasteiger partial charge in [0, 0.05) is 12.6 Å². The SMILES string of the molecule is CNC(CC(C)(C)C)C1CCOC2(CCC2)C1. The third-order valence-electron chi connectivity index (χ3n) is 4.57. The highest BCUT2D eigenvalue weighted by atomic mass is 16.5. The smallest absolute Gasteiger partial charge is 0.0685 e. The Morgan fingerprint density at radius 2 is 2.06 bits per heavy atom. The molecule has 2 nitrogen and oxygen atoms in total. The van der Waals surface area contributed by atoms with Crippen LogP contribution >= 0.6 is 0 Å². The highest BCUT2D eigenvalue weighted by Crippen LogP contribution is 2.45. The number of hydrogen-bond donors (Lipinski definition) is 1. The molecule has 1 aliphatic heterocycles. The summed E-state index contributed by atoms with van der Waals surface area (Å²) >= 11 is 0. The van der Waals surface area contributed by atoms with Gasteiger partial charge in [-0.05, 0) is 56.9 Å². The Balaban J connectivity index is 1.94. The summed E-state index contributed by atoms with van der Waals surface area (Å²) in [6, 6.07) is 0.663. The minimum absolute atomic E-state index is 0.288. The second-order valence-electron chi connectivity index (χ2n) is 7.30. The fourth-order valence-corrected chi connectivity index (χ4v) is 3.49. The first-order valence-electron chi connectivity index (χ1n) is 7.25. The van der Waals surface area contributed by atoms with E-state index in [1.165, 1.54) is 38.5 Å². The maximum absolute atomic E-state index is 6.03. The Morgan fingerprint density at radius 1 is 1.35 bits per heavy atom. The highest BCUT2D eigenvalue weighted by Gasteiger charge is 2.44. The number of nitrogens with one attached hydrogen (secondary N) is 1. The molecule has 2 atom stereocenters. The molecule has 0 amide bonds. The first kappa shape index (κ1) is 13.4. The van der Waals surface area contributed by atoms with E-state index in [1.54, 1.807) is 0 Å². The van der Waals surface area contributed by atoms with Gasteiger partial charge in [-0.25, -0.2) is 0 Å². The summed E-state index contributed by atoms with van der Waals surface area (Å²) in [7, 11) is 2.12. The Kier molecular flexibility index (Phi) is 3.84. The fraction of sp³-hybridized carbons (Fsp3) is 1.00. The molecule has 1 spiro atoms. The van der Waals surface area contributed by atoms with E-state index in [9.17, 15) is 0 Å². The quantitative estimate of drug-likeness (QED) is 0.815. The molecule has 2 aliphatic rings. The maximum Gasteiger partial charge on any atom is 0.0685 e. The standard InChI is InChI=1S/C15H29NO/c1-14(2,3)11-13(16-4)12-6-9-17-15(10-12)7-5-8-15/h12-13,16H,5-11H2,1-4H3. The van der Waals surface area contributed by atoms with Crippen LogP contribution in [-0.4, -0.2) is 25.3 Å². The van der Waals surface area contributed by atoms with E-state index in [0.717, 1.165) is 12.5 Å². The van der Waals surface area contributed by atoms with Gasteiger partial charge in [0.2, 0.25) is 0 Å². The summed E-state index contributed by atoms with van der Waals surface area (Å²) in [6.07, 6.45) is 7.77. The average molecular weight is 239 g/mol. The zero-order valence-electron chi connectivity index (χ0n) is 12.0. The summed E-state index contributed by atoms with van der Waals surface area (Å²) in [5.74, 6) is 0.813. The zero-order valence-corrected chi connectivity index (χ0v) is 12.0. The van der Waals surface area contributed by atoms with Crippen molar-refractivity contribution in [2.24, 2.45) is 11.3 Å². The summed E-state index contributed by atoms with van der Waals surface area (Å²) in [5.41, 5.74) is 0.703. The van der Waals surface area contributed by atoms with Crippen molar-refractivity contribution in [3.63, 3.8) is 0 Å². The van der Waals surface area contributed by atoms with Gasteiger partial charge in [0.05, 0.1) is 5.60 Å². The van der Waals surface area contributed by atoms with Crippen LogP contribution in [0.2, 0.25) is 0 Å². The largest absolute Gasteiger partial charge is 0.375 e. The van der Waals surface area contributed by atoms with Crippen molar-refractivity contribution >= 4 is 0 Å². The Labute approximate surface area is 107 Å². The van der Waals surface area contributed by atoms with Crippen molar-refractivity contribution in [3.8, 4) is 0 Å². The second-order valence-corrected chi connectivity index (χ2v) is 7.30. The minimum Gasteiger partial charge on any atom is -0.375 e. The summed E-state index contributed by atoms with van der Waals surface area (Å²) in [6.45, 7) is 8.01. The van der Waals surface area contributed by atoms with Crippen molar-refractivity contribution in [1.29, 1.82) is 0 Å². The van der Waals surface area contributed by atoms with Crippen molar-refractivity contribution in [2.45, 2.75) is 70.9 Å². The molecule has 1 N–H and O–H groups in total. The van der Waals surface area contributed by atoms with Gasteiger partial charge in [-0.2, -0.15) is 0 Å². The van der Waals surface area contributed by atoms with E-state index in [4.69, 9.17) is 4.74 Å². The van der Waals surface area contributed by atoms with Gasteiger partial charge in [-0.1, -0.05) is 20.8 Å². The first-order valence-corrected chi connectivity index (χ1v) is 7.25. The van der Waals surface area contributed by atoms with Crippen molar-refractivity contribution < 1.29 is 4.74 Å². The zero-order chi connectivity index (χ0) is 12.5. The minimum atomic E-state index is 0.288. The van der Waals surface area contributed by atoms with Gasteiger partial charge in [-0.15, -0.1) is 0 Å². The topological polar surface area (TPSA) is 21.3 Å². The van der Waals surface area contributed by atoms with Crippen molar-refractivity contribution in [1.82, 2.24) is 5.32 Å². The Morgan fingerprint density at radius 3 is 2.53 bits per heavy atom. The molecule has 2 unspecified atom stereocenters. The molecule has 0 radical (unpaired) electrons. The third-order valence-corrected chi connectivity index (χ3v) is 4.57. The predicted octanol–water partition coefficient (Wildman–Crippen LogP) is 3.36. The average Bonchev–Trinajstić information content (AvgIpc) is 2.23. The number of hydrogen-bond acceptors (Lipinski definition) is 2. The van der Waals surface area contributed by atoms with Gasteiger partial charge in [-0.3, -0.25) is 0 Å². The highest BCUT2D eigenvalue weighted by molar-refractivity contribution is 4.97. The molecule has 2 rings (SSSR count). The predicted molar refractivity (Wildman–Crippen MR) is 72.2 cm³/mol. The monoisotopic (exact) mass is 239 g/mol. The summed E-state index contributed by atoms with van der Waals surface area (Å²) < 4.78 is 6.03. The molecule has 2 fully saturated rings. The van der Waals surface area contributed by atoms with Crippen LogP contribution in [0, 0.1) is 11.3 Å². The lowest BCUT2D eigenvalue weighted by molar-refractivity contribution is -0.147. The van der Waals surface area contributed by atoms with Crippen molar-refractivity contribution in [3.05, 3.63) is 0 Å². The van der Waals surface area contributed by atoms with Crippen molar-refractivity contribution in [2.75, 3.05) is 13.7 Å². The van der Waals surface area contributed by atoms with Gasteiger partial charge in [0.25, 0.3) is 0 Å². The van der Waals surface area contributed by atoms with E-state index < -0.39 is 0 Å². The molecule has 0 bridgehead atoms. The van der Waals surface area contributed by atoms with Gasteiger partial charge in [0.1, 0.15) is 0 Å². The lowest BCUT2D eigenvalue weighted by Gasteiger charge is -2.49. The molecular formula is C15H29NO. The molecule has 2 heteroatoms. The molecule has 1 saturated heterocycles. The van der Waals surface area contributed by atoms with E-state index >= 15 is 0 Å². The molecule has 1 aliphatic carbocycles. The molecule has 1 heterocycles. The molecule has 17 heavy (non-hydrogen) atoms. The van der Waals surface area contributed by atoms with Crippen LogP contribution in [0.25, 0.3) is 0 Å². The molecule has 0 aromatic heterocycles. The number of rotatable bonds is 3. The maximum atomic E-state index is 6.03. The van der Waals surface area contributed by atoms with Crippen LogP contribution in [0.4, 0.5) is 0 Å². The molecular weight excluding hydrogens is 210 g/mol. The van der Waals surface area contributed by atoms with Gasteiger partial charge >= 0.3 is 0 Å². The van der Waals surface area contributed by atoms with Gasteiger partial charge in [0.15, 0.2) is 0 Å². The molecule has 0 aromatic carbocycles. The van der Waals surface area contributed by atoms with Crippen LogP contribution in [0.3, 0.4) is 0 Å². The lowest BCUT2D eigenvalue weighted by Crippen LogP contribution is -2.50. The van der Waals surface area contributed by atoms with E-state index in [0.29, 0.717) is 11.5 Å². The normalized spacial score (nSPS) is 30.0. The molecule has 100 valence electrons. The van der Waals surface area contributed by atoms with E-state index in [1.807, 2.05) is 0 Å². The van der Waals surface area contributed by atoms with Crippen LogP contribution in [0.5, 0.6) is 0 Å². The van der Waals surface area contributed by atoms with Crippen LogP contribution in [0.1, 0.15) is 59.3 Å². The first-order chi connectivity index (χ1) is 7.94. The molecule has 1 saturated carbocycles. The summed E-state index contributed by atoms with van der Waals surface area (Å²) in [4.78, 5) is 0. The van der Waals surface area contributed by atoms with Crippen LogP contribution in [-0.2, 0) is 4.74 Å².